The van der Waals surface area contributed by atoms with Gasteiger partial charge in [-0.15, -0.1) is 0 Å². The predicted molar refractivity (Wildman–Crippen MR) is 167 cm³/mol. The highest BCUT2D eigenvalue weighted by Crippen LogP contribution is 2.40. The number of hydrogen-bond donors (Lipinski definition) is 0. The van der Waals surface area contributed by atoms with Crippen LogP contribution in [-0.4, -0.2) is 0 Å². The van der Waals surface area contributed by atoms with Crippen LogP contribution in [0.25, 0.3) is 64.6 Å². The van der Waals surface area contributed by atoms with Gasteiger partial charge in [0, 0.05) is 0 Å². The van der Waals surface area contributed by atoms with Crippen molar-refractivity contribution in [3.8, 4) is 0 Å². The van der Waals surface area contributed by atoms with E-state index in [1.807, 2.05) is 0 Å². The lowest BCUT2D eigenvalue weighted by atomic mass is 9.90. The van der Waals surface area contributed by atoms with Gasteiger partial charge < -0.3 is 0 Å². The molecule has 0 saturated carbocycles. The van der Waals surface area contributed by atoms with Gasteiger partial charge in [-0.1, -0.05) is 133 Å². The molecule has 38 heavy (non-hydrogen) atoms. The van der Waals surface area contributed by atoms with Crippen LogP contribution in [0.15, 0.2) is 133 Å². The second-order valence-corrected chi connectivity index (χ2v) is 10.2. The quantitative estimate of drug-likeness (QED) is 0.188. The van der Waals surface area contributed by atoms with Gasteiger partial charge >= 0.3 is 0 Å². The molecule has 0 spiro atoms. The van der Waals surface area contributed by atoms with Crippen LogP contribution in [0.3, 0.4) is 0 Å². The molecule has 0 aliphatic carbocycles. The maximum Gasteiger partial charge on any atom is -0.00203 e. The zero-order chi connectivity index (χ0) is 25.6. The molecule has 8 aromatic carbocycles. The van der Waals surface area contributed by atoms with Crippen LogP contribution < -0.4 is 0 Å². The summed E-state index contributed by atoms with van der Waals surface area (Å²) in [6.07, 6.45) is 0. The van der Waals surface area contributed by atoms with Crippen molar-refractivity contribution in [1.29, 1.82) is 0 Å². The molecular weight excluding hydrogens is 456 g/mol. The third-order valence-corrected chi connectivity index (χ3v) is 7.91. The Hall–Kier alpha value is -4.68. The monoisotopic (exact) mass is 484 g/mol. The molecule has 0 N–H and O–H groups in total. The van der Waals surface area contributed by atoms with Crippen molar-refractivity contribution in [2.45, 2.75) is 13.8 Å². The van der Waals surface area contributed by atoms with Crippen molar-refractivity contribution in [2.24, 2.45) is 0 Å². The summed E-state index contributed by atoms with van der Waals surface area (Å²) in [4.78, 5) is 0. The van der Waals surface area contributed by atoms with Crippen molar-refractivity contribution in [3.63, 3.8) is 0 Å². The Bertz CT molecular complexity index is 1930. The van der Waals surface area contributed by atoms with Crippen LogP contribution in [0, 0.1) is 13.8 Å². The smallest absolute Gasteiger partial charge is 0.00203 e. The number of hydrogen-bond acceptors (Lipinski definition) is 0. The van der Waals surface area contributed by atoms with Gasteiger partial charge in [-0.05, 0) is 89.6 Å². The standard InChI is InChI=1S/C38H28/c1-25-23-27-13-3-4-14-28(27)24-26(2)30-16-6-8-18-32(30)38-35-21-11-9-19-33(35)37(31-17-7-5-15-29(25)31)34-20-10-12-22-36(34)38/h3-24H,1-2H3. The third-order valence-electron chi connectivity index (χ3n) is 7.91. The SMILES string of the molecule is Cc1cc2ccccc2cc(C)c2ccccc2c2c3ccccc3c(c3ccccc13)c1ccccc12. The summed E-state index contributed by atoms with van der Waals surface area (Å²) < 4.78 is 0. The molecular formula is C38H28. The first-order valence-electron chi connectivity index (χ1n) is 13.3. The average molecular weight is 485 g/mol. The second-order valence-electron chi connectivity index (χ2n) is 10.2. The summed E-state index contributed by atoms with van der Waals surface area (Å²) in [5, 5.41) is 15.3. The Labute approximate surface area is 222 Å². The van der Waals surface area contributed by atoms with Crippen LogP contribution in [0.4, 0.5) is 0 Å². The van der Waals surface area contributed by atoms with Crippen molar-refractivity contribution in [1.82, 2.24) is 0 Å². The Morgan fingerprint density at radius 1 is 0.289 bits per heavy atom. The Morgan fingerprint density at radius 2 is 0.526 bits per heavy atom. The van der Waals surface area contributed by atoms with E-state index in [0.717, 1.165) is 0 Å². The molecule has 0 aliphatic rings. The third kappa shape index (κ3) is 3.53. The topological polar surface area (TPSA) is 0 Å². The molecule has 0 heterocycles. The van der Waals surface area contributed by atoms with Crippen molar-refractivity contribution >= 4 is 64.6 Å². The molecule has 0 aliphatic heterocycles. The predicted octanol–water partition coefficient (Wildman–Crippen LogP) is 10.9. The minimum Gasteiger partial charge on any atom is -0.0616 e. The Balaban J connectivity index is 1.96. The molecule has 0 heteroatoms. The van der Waals surface area contributed by atoms with E-state index in [2.05, 4.69) is 147 Å². The number of fused-ring (bicyclic) bond motifs is 2. The van der Waals surface area contributed by atoms with Crippen LogP contribution in [0.2, 0.25) is 0 Å². The Morgan fingerprint density at radius 3 is 0.842 bits per heavy atom. The molecule has 0 unspecified atom stereocenters. The molecule has 0 aromatic heterocycles. The highest BCUT2D eigenvalue weighted by atomic mass is 14.1. The summed E-state index contributed by atoms with van der Waals surface area (Å²) in [6.45, 7) is 4.48. The van der Waals surface area contributed by atoms with E-state index >= 15 is 0 Å². The van der Waals surface area contributed by atoms with Gasteiger partial charge in [0.25, 0.3) is 0 Å². The first-order valence-corrected chi connectivity index (χ1v) is 13.3. The summed E-state index contributed by atoms with van der Waals surface area (Å²) in [5.41, 5.74) is 2.52. The summed E-state index contributed by atoms with van der Waals surface area (Å²) >= 11 is 0. The number of rotatable bonds is 0. The number of benzene rings is 6. The van der Waals surface area contributed by atoms with E-state index in [-0.39, 0.29) is 0 Å². The maximum atomic E-state index is 2.34. The fraction of sp³-hybridized carbons (Fsp3) is 0.0526. The van der Waals surface area contributed by atoms with E-state index in [0.29, 0.717) is 0 Å². The summed E-state index contributed by atoms with van der Waals surface area (Å²) in [7, 11) is 0. The van der Waals surface area contributed by atoms with Crippen molar-refractivity contribution in [2.75, 3.05) is 0 Å². The summed E-state index contributed by atoms with van der Waals surface area (Å²) in [5.74, 6) is 0. The summed E-state index contributed by atoms with van der Waals surface area (Å²) in [6, 6.07) is 49.0. The van der Waals surface area contributed by atoms with Gasteiger partial charge in [0.2, 0.25) is 0 Å². The lowest BCUT2D eigenvalue weighted by Gasteiger charge is -2.13. The molecule has 0 amide bonds. The van der Waals surface area contributed by atoms with Gasteiger partial charge in [-0.2, -0.15) is 0 Å². The lowest BCUT2D eigenvalue weighted by Crippen LogP contribution is -1.86. The van der Waals surface area contributed by atoms with Crippen molar-refractivity contribution in [3.05, 3.63) is 145 Å². The maximum absolute atomic E-state index is 2.34. The molecule has 180 valence electrons. The molecule has 0 nitrogen and oxygen atoms in total. The lowest BCUT2D eigenvalue weighted by molar-refractivity contribution is 1.55. The van der Waals surface area contributed by atoms with Gasteiger partial charge in [0.1, 0.15) is 0 Å². The molecule has 0 fully saturated rings. The fourth-order valence-corrected chi connectivity index (χ4v) is 6.19. The van der Waals surface area contributed by atoms with Crippen LogP contribution in [-0.2, 0) is 0 Å². The van der Waals surface area contributed by atoms with Gasteiger partial charge in [0.15, 0.2) is 0 Å². The molecule has 0 atom stereocenters. The number of aryl methyl sites for hydroxylation is 2. The van der Waals surface area contributed by atoms with Crippen molar-refractivity contribution < 1.29 is 0 Å². The molecule has 8 rings (SSSR count). The van der Waals surface area contributed by atoms with E-state index < -0.39 is 0 Å². The minimum absolute atomic E-state index is 1.23. The molecule has 0 radical (unpaired) electrons. The average Bonchev–Trinajstić information content (AvgIpc) is 2.96. The normalized spacial score (nSPS) is 11.4. The highest BCUT2D eigenvalue weighted by Gasteiger charge is 2.12. The minimum atomic E-state index is 1.23. The largest absolute Gasteiger partial charge is 0.0616 e. The van der Waals surface area contributed by atoms with E-state index in [9.17, 15) is 0 Å². The van der Waals surface area contributed by atoms with Gasteiger partial charge in [-0.3, -0.25) is 0 Å². The van der Waals surface area contributed by atoms with Crippen LogP contribution in [0.5, 0.6) is 0 Å². The first kappa shape index (κ1) is 22.5. The van der Waals surface area contributed by atoms with Crippen LogP contribution >= 0.6 is 0 Å². The highest BCUT2D eigenvalue weighted by molar-refractivity contribution is 6.34. The zero-order valence-corrected chi connectivity index (χ0v) is 21.7. The first-order chi connectivity index (χ1) is 18.7. The van der Waals surface area contributed by atoms with Gasteiger partial charge in [0.05, 0.1) is 0 Å². The molecule has 8 aromatic rings. The second kappa shape index (κ2) is 9.01. The van der Waals surface area contributed by atoms with Crippen LogP contribution in [0.1, 0.15) is 11.1 Å². The van der Waals surface area contributed by atoms with E-state index in [1.54, 1.807) is 0 Å². The molecule has 2 bridgehead atoms. The molecule has 0 saturated heterocycles. The zero-order valence-electron chi connectivity index (χ0n) is 21.7. The van der Waals surface area contributed by atoms with Gasteiger partial charge in [-0.25, -0.2) is 0 Å². The van der Waals surface area contributed by atoms with E-state index in [4.69, 9.17) is 0 Å². The van der Waals surface area contributed by atoms with E-state index in [1.165, 1.54) is 75.8 Å². The Kier molecular flexibility index (Phi) is 5.34. The fourth-order valence-electron chi connectivity index (χ4n) is 6.19.